The van der Waals surface area contributed by atoms with Crippen LogP contribution in [0.5, 0.6) is 0 Å². The lowest BCUT2D eigenvalue weighted by atomic mass is 10.0. The maximum Gasteiger partial charge on any atom is 0.319 e. The zero-order valence-electron chi connectivity index (χ0n) is 13.7. The molecule has 6 nitrogen and oxygen atoms in total. The third kappa shape index (κ3) is 3.37. The standard InChI is InChI=1S/C17H22N4O2/c1-12(21-9-8-18-13(21)2)14-4-6-15(7-5-14)19-16(22)20-17(3)10-23-11-17/h4-9,12H,10-11H2,1-3H3,(H2,19,20,22)/t12-/m0/s1. The predicted octanol–water partition coefficient (Wildman–Crippen LogP) is 2.71. The summed E-state index contributed by atoms with van der Waals surface area (Å²) in [7, 11) is 0. The van der Waals surface area contributed by atoms with Crippen molar-refractivity contribution in [1.29, 1.82) is 0 Å². The molecule has 6 heteroatoms. The van der Waals surface area contributed by atoms with Crippen molar-refractivity contribution in [2.45, 2.75) is 32.4 Å². The maximum absolute atomic E-state index is 12.0. The van der Waals surface area contributed by atoms with Crippen LogP contribution in [0, 0.1) is 6.92 Å². The van der Waals surface area contributed by atoms with Crippen molar-refractivity contribution in [3.05, 3.63) is 48.0 Å². The van der Waals surface area contributed by atoms with Crippen molar-refractivity contribution in [3.8, 4) is 0 Å². The third-order valence-corrected chi connectivity index (χ3v) is 4.19. The van der Waals surface area contributed by atoms with Gasteiger partial charge >= 0.3 is 6.03 Å². The summed E-state index contributed by atoms with van der Waals surface area (Å²) in [5.41, 5.74) is 1.68. The summed E-state index contributed by atoms with van der Waals surface area (Å²) >= 11 is 0. The van der Waals surface area contributed by atoms with E-state index >= 15 is 0 Å². The number of imidazole rings is 1. The first-order chi connectivity index (χ1) is 11.0. The highest BCUT2D eigenvalue weighted by Gasteiger charge is 2.34. The zero-order chi connectivity index (χ0) is 16.4. The summed E-state index contributed by atoms with van der Waals surface area (Å²) in [6.07, 6.45) is 3.78. The van der Waals surface area contributed by atoms with Crippen LogP contribution in [0.25, 0.3) is 0 Å². The Morgan fingerprint density at radius 2 is 2.04 bits per heavy atom. The van der Waals surface area contributed by atoms with E-state index in [2.05, 4.69) is 27.1 Å². The highest BCUT2D eigenvalue weighted by molar-refractivity contribution is 5.89. The fraction of sp³-hybridized carbons (Fsp3) is 0.412. The van der Waals surface area contributed by atoms with Crippen LogP contribution in [0.4, 0.5) is 10.5 Å². The molecule has 0 radical (unpaired) electrons. The predicted molar refractivity (Wildman–Crippen MR) is 88.6 cm³/mol. The largest absolute Gasteiger partial charge is 0.376 e. The van der Waals surface area contributed by atoms with Gasteiger partial charge in [0.1, 0.15) is 5.82 Å². The van der Waals surface area contributed by atoms with Crippen LogP contribution in [-0.4, -0.2) is 34.3 Å². The van der Waals surface area contributed by atoms with E-state index in [1.165, 1.54) is 0 Å². The molecule has 1 aromatic heterocycles. The van der Waals surface area contributed by atoms with Crippen LogP contribution >= 0.6 is 0 Å². The van der Waals surface area contributed by atoms with Crippen molar-refractivity contribution in [2.24, 2.45) is 0 Å². The minimum absolute atomic E-state index is 0.200. The van der Waals surface area contributed by atoms with Gasteiger partial charge in [-0.3, -0.25) is 0 Å². The second kappa shape index (κ2) is 6.04. The Morgan fingerprint density at radius 1 is 1.35 bits per heavy atom. The molecule has 3 rings (SSSR count). The molecule has 0 spiro atoms. The summed E-state index contributed by atoms with van der Waals surface area (Å²) in [5.74, 6) is 0.982. The summed E-state index contributed by atoms with van der Waals surface area (Å²) in [6.45, 7) is 7.19. The molecule has 0 bridgehead atoms. The lowest BCUT2D eigenvalue weighted by molar-refractivity contribution is -0.0567. The Labute approximate surface area is 135 Å². The van der Waals surface area contributed by atoms with Gasteiger partial charge in [0, 0.05) is 18.1 Å². The first-order valence-electron chi connectivity index (χ1n) is 7.73. The highest BCUT2D eigenvalue weighted by Crippen LogP contribution is 2.21. The summed E-state index contributed by atoms with van der Waals surface area (Å²) in [4.78, 5) is 16.2. The van der Waals surface area contributed by atoms with Gasteiger partial charge in [0.2, 0.25) is 0 Å². The first kappa shape index (κ1) is 15.6. The molecule has 1 aliphatic rings. The van der Waals surface area contributed by atoms with E-state index in [0.29, 0.717) is 13.2 Å². The number of carbonyl (C=O) groups is 1. The van der Waals surface area contributed by atoms with Crippen molar-refractivity contribution in [3.63, 3.8) is 0 Å². The molecule has 0 aliphatic carbocycles. The van der Waals surface area contributed by atoms with Gasteiger partial charge < -0.3 is 19.9 Å². The van der Waals surface area contributed by atoms with Gasteiger partial charge in [-0.25, -0.2) is 9.78 Å². The second-order valence-corrected chi connectivity index (χ2v) is 6.31. The van der Waals surface area contributed by atoms with Crippen LogP contribution in [-0.2, 0) is 4.74 Å². The number of hydrogen-bond donors (Lipinski definition) is 2. The second-order valence-electron chi connectivity index (χ2n) is 6.31. The zero-order valence-corrected chi connectivity index (χ0v) is 13.7. The Balaban J connectivity index is 1.63. The maximum atomic E-state index is 12.0. The number of urea groups is 1. The van der Waals surface area contributed by atoms with Crippen LogP contribution < -0.4 is 10.6 Å². The number of hydrogen-bond acceptors (Lipinski definition) is 3. The van der Waals surface area contributed by atoms with Gasteiger partial charge in [-0.15, -0.1) is 0 Å². The summed E-state index contributed by atoms with van der Waals surface area (Å²) < 4.78 is 7.24. The Morgan fingerprint density at radius 3 is 2.57 bits per heavy atom. The first-order valence-corrected chi connectivity index (χ1v) is 7.73. The molecule has 1 aromatic carbocycles. The average Bonchev–Trinajstić information content (AvgIpc) is 2.91. The van der Waals surface area contributed by atoms with Crippen LogP contribution in [0.15, 0.2) is 36.7 Å². The van der Waals surface area contributed by atoms with Gasteiger partial charge in [0.15, 0.2) is 0 Å². The molecule has 122 valence electrons. The molecular formula is C17H22N4O2. The number of nitrogens with one attached hydrogen (secondary N) is 2. The van der Waals surface area contributed by atoms with Crippen LogP contribution in [0.2, 0.25) is 0 Å². The topological polar surface area (TPSA) is 68.2 Å². The van der Waals surface area contributed by atoms with E-state index in [1.54, 1.807) is 6.20 Å². The minimum Gasteiger partial charge on any atom is -0.376 e. The van der Waals surface area contributed by atoms with E-state index in [4.69, 9.17) is 4.74 Å². The molecular weight excluding hydrogens is 292 g/mol. The van der Waals surface area contributed by atoms with E-state index in [9.17, 15) is 4.79 Å². The smallest absolute Gasteiger partial charge is 0.319 e. The summed E-state index contributed by atoms with van der Waals surface area (Å²) in [5, 5.41) is 5.77. The monoisotopic (exact) mass is 314 g/mol. The molecule has 0 unspecified atom stereocenters. The average molecular weight is 314 g/mol. The molecule has 2 N–H and O–H groups in total. The van der Waals surface area contributed by atoms with Crippen molar-refractivity contribution in [1.82, 2.24) is 14.9 Å². The van der Waals surface area contributed by atoms with Gasteiger partial charge in [0.25, 0.3) is 0 Å². The lowest BCUT2D eigenvalue weighted by Gasteiger charge is -2.38. The SMILES string of the molecule is Cc1nccn1[C@@H](C)c1ccc(NC(=O)NC2(C)COC2)cc1. The Kier molecular flexibility index (Phi) is 4.09. The molecule has 1 atom stereocenters. The van der Waals surface area contributed by atoms with Gasteiger partial charge in [-0.05, 0) is 38.5 Å². The number of nitrogens with zero attached hydrogens (tertiary/aromatic N) is 2. The molecule has 1 fully saturated rings. The molecule has 1 saturated heterocycles. The van der Waals surface area contributed by atoms with Crippen LogP contribution in [0.1, 0.15) is 31.3 Å². The number of amides is 2. The molecule has 2 amide bonds. The third-order valence-electron chi connectivity index (χ3n) is 4.19. The molecule has 0 saturated carbocycles. The number of rotatable bonds is 4. The minimum atomic E-state index is -0.252. The van der Waals surface area contributed by atoms with Gasteiger partial charge in [-0.1, -0.05) is 12.1 Å². The normalized spacial score (nSPS) is 17.2. The van der Waals surface area contributed by atoms with Crippen molar-refractivity contribution in [2.75, 3.05) is 18.5 Å². The van der Waals surface area contributed by atoms with Crippen molar-refractivity contribution >= 4 is 11.7 Å². The fourth-order valence-electron chi connectivity index (χ4n) is 2.72. The van der Waals surface area contributed by atoms with E-state index in [0.717, 1.165) is 17.1 Å². The van der Waals surface area contributed by atoms with Gasteiger partial charge in [0.05, 0.1) is 24.8 Å². The Bertz CT molecular complexity index is 689. The molecule has 2 heterocycles. The quantitative estimate of drug-likeness (QED) is 0.912. The number of ether oxygens (including phenoxy) is 1. The number of benzene rings is 1. The van der Waals surface area contributed by atoms with E-state index in [1.807, 2.05) is 44.3 Å². The molecule has 1 aliphatic heterocycles. The summed E-state index contributed by atoms with van der Waals surface area (Å²) in [6, 6.07) is 7.87. The number of aryl methyl sites for hydroxylation is 1. The van der Waals surface area contributed by atoms with Crippen LogP contribution in [0.3, 0.4) is 0 Å². The number of anilines is 1. The molecule has 23 heavy (non-hydrogen) atoms. The molecule has 2 aromatic rings. The highest BCUT2D eigenvalue weighted by atomic mass is 16.5. The van der Waals surface area contributed by atoms with Crippen molar-refractivity contribution < 1.29 is 9.53 Å². The lowest BCUT2D eigenvalue weighted by Crippen LogP contribution is -2.60. The van der Waals surface area contributed by atoms with E-state index in [-0.39, 0.29) is 17.6 Å². The number of aromatic nitrogens is 2. The fourth-order valence-corrected chi connectivity index (χ4v) is 2.72. The van der Waals surface area contributed by atoms with E-state index < -0.39 is 0 Å². The number of carbonyl (C=O) groups excluding carboxylic acids is 1. The Hall–Kier alpha value is -2.34. The van der Waals surface area contributed by atoms with Gasteiger partial charge in [-0.2, -0.15) is 0 Å².